The Balaban J connectivity index is 2.65. The van der Waals surface area contributed by atoms with Crippen molar-refractivity contribution < 1.29 is 23.1 Å². The molecule has 16 heavy (non-hydrogen) atoms. The van der Waals surface area contributed by atoms with Gasteiger partial charge in [0.15, 0.2) is 0 Å². The van der Waals surface area contributed by atoms with Crippen LogP contribution in [0.15, 0.2) is 24.3 Å². The maximum atomic E-state index is 11.9. The molecule has 0 saturated heterocycles. The third-order valence-electron chi connectivity index (χ3n) is 1.99. The largest absolute Gasteiger partial charge is 0.471 e. The molecule has 3 nitrogen and oxygen atoms in total. The molecule has 0 aliphatic rings. The van der Waals surface area contributed by atoms with Gasteiger partial charge in [0.05, 0.1) is 6.61 Å². The number of nitrogens with one attached hydrogen (secondary N) is 1. The minimum atomic E-state index is -4.88. The van der Waals surface area contributed by atoms with Gasteiger partial charge in [0.2, 0.25) is 0 Å². The van der Waals surface area contributed by atoms with E-state index in [2.05, 4.69) is 0 Å². The van der Waals surface area contributed by atoms with Gasteiger partial charge in [-0.1, -0.05) is 24.3 Å². The summed E-state index contributed by atoms with van der Waals surface area (Å²) in [6, 6.07) is 6.39. The summed E-state index contributed by atoms with van der Waals surface area (Å²) >= 11 is 0. The lowest BCUT2D eigenvalue weighted by Gasteiger charge is -2.10. The average molecular weight is 233 g/mol. The van der Waals surface area contributed by atoms with Gasteiger partial charge in [0.1, 0.15) is 0 Å². The molecule has 0 fully saturated rings. The highest BCUT2D eigenvalue weighted by molar-refractivity contribution is 5.81. The number of carbonyl (C=O) groups excluding carboxylic acids is 1. The lowest BCUT2D eigenvalue weighted by Crippen LogP contribution is -2.36. The molecule has 88 valence electrons. The molecule has 1 aromatic rings. The monoisotopic (exact) mass is 233 g/mol. The molecular formula is C10H10F3NO2. The smallest absolute Gasteiger partial charge is 0.392 e. The van der Waals surface area contributed by atoms with Gasteiger partial charge in [-0.2, -0.15) is 13.2 Å². The van der Waals surface area contributed by atoms with E-state index in [4.69, 9.17) is 5.11 Å². The van der Waals surface area contributed by atoms with Crippen LogP contribution in [0.1, 0.15) is 11.1 Å². The van der Waals surface area contributed by atoms with Crippen LogP contribution >= 0.6 is 0 Å². The Kier molecular flexibility index (Phi) is 3.89. The third-order valence-corrected chi connectivity index (χ3v) is 1.99. The van der Waals surface area contributed by atoms with E-state index in [1.54, 1.807) is 29.6 Å². The summed E-state index contributed by atoms with van der Waals surface area (Å²) in [7, 11) is 0. The molecule has 0 aromatic heterocycles. The summed E-state index contributed by atoms with van der Waals surface area (Å²) in [6.07, 6.45) is -4.88. The van der Waals surface area contributed by atoms with Gasteiger partial charge in [-0.05, 0) is 11.1 Å². The first kappa shape index (κ1) is 12.5. The fraction of sp³-hybridized carbons (Fsp3) is 0.300. The fourth-order valence-corrected chi connectivity index (χ4v) is 1.16. The molecule has 1 aromatic carbocycles. The molecular weight excluding hydrogens is 223 g/mol. The predicted octanol–water partition coefficient (Wildman–Crippen LogP) is 1.36. The molecule has 0 heterocycles. The molecule has 6 heteroatoms. The lowest BCUT2D eigenvalue weighted by atomic mass is 10.1. The van der Waals surface area contributed by atoms with Gasteiger partial charge in [0.25, 0.3) is 0 Å². The average Bonchev–Trinajstić information content (AvgIpc) is 2.24. The molecule has 0 radical (unpaired) electrons. The van der Waals surface area contributed by atoms with Gasteiger partial charge in [0, 0.05) is 6.54 Å². The normalized spacial score (nSPS) is 11.2. The van der Waals surface area contributed by atoms with Gasteiger partial charge in [-0.25, -0.2) is 0 Å². The van der Waals surface area contributed by atoms with Crippen LogP contribution in [0.3, 0.4) is 0 Å². The number of hydrogen-bond donors (Lipinski definition) is 2. The summed E-state index contributed by atoms with van der Waals surface area (Å²) in [6.45, 7) is -0.535. The van der Waals surface area contributed by atoms with Crippen LogP contribution in [0.25, 0.3) is 0 Å². The first-order chi connectivity index (χ1) is 7.45. The Morgan fingerprint density at radius 1 is 1.25 bits per heavy atom. The second-order valence-corrected chi connectivity index (χ2v) is 3.11. The highest BCUT2D eigenvalue weighted by Crippen LogP contribution is 2.15. The number of hydrogen-bond acceptors (Lipinski definition) is 2. The SMILES string of the molecule is O=C(NCc1ccccc1CO)C(F)(F)F. The van der Waals surface area contributed by atoms with E-state index < -0.39 is 12.1 Å². The first-order valence-electron chi connectivity index (χ1n) is 4.48. The van der Waals surface area contributed by atoms with Crippen molar-refractivity contribution in [1.82, 2.24) is 5.32 Å². The van der Waals surface area contributed by atoms with Crippen molar-refractivity contribution in [2.45, 2.75) is 19.3 Å². The predicted molar refractivity (Wildman–Crippen MR) is 50.3 cm³/mol. The first-order valence-corrected chi connectivity index (χ1v) is 4.48. The van der Waals surface area contributed by atoms with Crippen LogP contribution in [0.4, 0.5) is 13.2 Å². The van der Waals surface area contributed by atoms with Crippen molar-refractivity contribution in [3.8, 4) is 0 Å². The molecule has 0 unspecified atom stereocenters. The molecule has 2 N–H and O–H groups in total. The van der Waals surface area contributed by atoms with E-state index in [1.165, 1.54) is 0 Å². The minimum Gasteiger partial charge on any atom is -0.392 e. The quantitative estimate of drug-likeness (QED) is 0.828. The summed E-state index contributed by atoms with van der Waals surface area (Å²) in [4.78, 5) is 10.5. The number of benzene rings is 1. The van der Waals surface area contributed by atoms with E-state index >= 15 is 0 Å². The van der Waals surface area contributed by atoms with Crippen LogP contribution in [0, 0.1) is 0 Å². The van der Waals surface area contributed by atoms with Crippen molar-refractivity contribution in [3.05, 3.63) is 35.4 Å². The molecule has 0 spiro atoms. The molecule has 1 rings (SSSR count). The maximum Gasteiger partial charge on any atom is 0.471 e. The highest BCUT2D eigenvalue weighted by atomic mass is 19.4. The molecule has 0 bridgehead atoms. The number of aliphatic hydroxyl groups is 1. The van der Waals surface area contributed by atoms with Crippen molar-refractivity contribution in [2.75, 3.05) is 0 Å². The van der Waals surface area contributed by atoms with Crippen molar-refractivity contribution in [2.24, 2.45) is 0 Å². The highest BCUT2D eigenvalue weighted by Gasteiger charge is 2.38. The number of amides is 1. The number of carbonyl (C=O) groups is 1. The molecule has 0 saturated carbocycles. The summed E-state index contributed by atoms with van der Waals surface area (Å²) < 4.78 is 35.6. The van der Waals surface area contributed by atoms with E-state index in [-0.39, 0.29) is 13.2 Å². The van der Waals surface area contributed by atoms with Crippen LogP contribution < -0.4 is 5.32 Å². The van der Waals surface area contributed by atoms with Crippen molar-refractivity contribution >= 4 is 5.91 Å². The molecule has 0 aliphatic carbocycles. The lowest BCUT2D eigenvalue weighted by molar-refractivity contribution is -0.173. The summed E-state index contributed by atoms with van der Waals surface area (Å²) in [5, 5.41) is 10.6. The van der Waals surface area contributed by atoms with Crippen LogP contribution in [-0.4, -0.2) is 17.2 Å². The Morgan fingerprint density at radius 3 is 2.31 bits per heavy atom. The zero-order valence-electron chi connectivity index (χ0n) is 8.21. The van der Waals surface area contributed by atoms with E-state index in [9.17, 15) is 18.0 Å². The Bertz CT molecular complexity index is 377. The summed E-state index contributed by atoms with van der Waals surface area (Å²) in [5.74, 6) is -1.99. The zero-order valence-corrected chi connectivity index (χ0v) is 8.21. The zero-order chi connectivity index (χ0) is 12.2. The maximum absolute atomic E-state index is 11.9. The van der Waals surface area contributed by atoms with Gasteiger partial charge in [-0.3, -0.25) is 4.79 Å². The summed E-state index contributed by atoms with van der Waals surface area (Å²) in [5.41, 5.74) is 0.951. The van der Waals surface area contributed by atoms with E-state index in [0.717, 1.165) is 0 Å². The third kappa shape index (κ3) is 3.23. The fourth-order valence-electron chi connectivity index (χ4n) is 1.16. The van der Waals surface area contributed by atoms with E-state index in [0.29, 0.717) is 11.1 Å². The Hall–Kier alpha value is -1.56. The van der Waals surface area contributed by atoms with Crippen molar-refractivity contribution in [3.63, 3.8) is 0 Å². The standard InChI is InChI=1S/C10H10F3NO2/c11-10(12,13)9(16)14-5-7-3-1-2-4-8(7)6-15/h1-4,15H,5-6H2,(H,14,16). The molecule has 0 aliphatic heterocycles. The Labute approximate surface area is 89.9 Å². The van der Waals surface area contributed by atoms with Gasteiger partial charge < -0.3 is 10.4 Å². The van der Waals surface area contributed by atoms with Crippen LogP contribution in [0.5, 0.6) is 0 Å². The number of alkyl halides is 3. The topological polar surface area (TPSA) is 49.3 Å². The second kappa shape index (κ2) is 4.98. The van der Waals surface area contributed by atoms with Gasteiger partial charge >= 0.3 is 12.1 Å². The molecule has 1 amide bonds. The van der Waals surface area contributed by atoms with Crippen molar-refractivity contribution in [1.29, 1.82) is 0 Å². The Morgan fingerprint density at radius 2 is 1.81 bits per heavy atom. The number of rotatable bonds is 3. The number of halogens is 3. The second-order valence-electron chi connectivity index (χ2n) is 3.11. The minimum absolute atomic E-state index is 0.255. The number of aliphatic hydroxyl groups excluding tert-OH is 1. The van der Waals surface area contributed by atoms with Crippen LogP contribution in [-0.2, 0) is 17.9 Å². The van der Waals surface area contributed by atoms with Crippen LogP contribution in [0.2, 0.25) is 0 Å². The molecule has 0 atom stereocenters. The van der Waals surface area contributed by atoms with Gasteiger partial charge in [-0.15, -0.1) is 0 Å². The van der Waals surface area contributed by atoms with E-state index in [1.807, 2.05) is 0 Å².